The molecule has 2 N–H and O–H groups in total. The van der Waals surface area contributed by atoms with Crippen LogP contribution in [0, 0.1) is 12.8 Å². The molecule has 0 spiro atoms. The molecule has 13 heteroatoms. The Morgan fingerprint density at radius 3 is 2.10 bits per heavy atom. The summed E-state index contributed by atoms with van der Waals surface area (Å²) in [5.41, 5.74) is 2.14. The van der Waals surface area contributed by atoms with Gasteiger partial charge < -0.3 is 5.32 Å². The van der Waals surface area contributed by atoms with Gasteiger partial charge in [-0.25, -0.2) is 21.1 Å². The van der Waals surface area contributed by atoms with Gasteiger partial charge in [-0.15, -0.1) is 0 Å². The summed E-state index contributed by atoms with van der Waals surface area (Å²) in [4.78, 5) is 12.8. The lowest BCUT2D eigenvalue weighted by Gasteiger charge is -2.30. The van der Waals surface area contributed by atoms with Crippen molar-refractivity contribution in [1.82, 2.24) is 4.31 Å². The third-order valence-corrected chi connectivity index (χ3v) is 10.8. The minimum atomic E-state index is -3.85. The first-order valence-corrected chi connectivity index (χ1v) is 16.2. The summed E-state index contributed by atoms with van der Waals surface area (Å²) in [6.45, 7) is 2.25. The van der Waals surface area contributed by atoms with E-state index in [9.17, 15) is 21.6 Å². The summed E-state index contributed by atoms with van der Waals surface area (Å²) in [5.74, 6) is -0.834. The molecule has 3 aromatic carbocycles. The van der Waals surface area contributed by atoms with Crippen LogP contribution in [0.5, 0.6) is 0 Å². The van der Waals surface area contributed by atoms with Crippen LogP contribution in [0.15, 0.2) is 65.6 Å². The van der Waals surface area contributed by atoms with Crippen molar-refractivity contribution in [2.24, 2.45) is 5.92 Å². The van der Waals surface area contributed by atoms with E-state index in [4.69, 9.17) is 34.8 Å². The van der Waals surface area contributed by atoms with Crippen LogP contribution >= 0.6 is 34.8 Å². The van der Waals surface area contributed by atoms with Crippen LogP contribution in [-0.2, 0) is 30.6 Å². The van der Waals surface area contributed by atoms with Gasteiger partial charge in [-0.1, -0.05) is 46.9 Å². The first kappa shape index (κ1) is 29.6. The van der Waals surface area contributed by atoms with Gasteiger partial charge >= 0.3 is 0 Å². The van der Waals surface area contributed by atoms with Crippen LogP contribution in [0.4, 0.5) is 11.4 Å². The molecule has 1 heterocycles. The molecular weight excluding hydrogens is 605 g/mol. The van der Waals surface area contributed by atoms with Crippen LogP contribution in [0.2, 0.25) is 15.1 Å². The highest BCUT2D eigenvalue weighted by Gasteiger charge is 2.31. The Morgan fingerprint density at radius 2 is 1.49 bits per heavy atom. The summed E-state index contributed by atoms with van der Waals surface area (Å²) in [7, 11) is -7.44. The average Bonchev–Trinajstić information content (AvgIpc) is 2.88. The normalized spacial score (nSPS) is 15.2. The molecule has 4 rings (SSSR count). The van der Waals surface area contributed by atoms with E-state index < -0.39 is 20.0 Å². The number of anilines is 2. The second-order valence-corrected chi connectivity index (χ2v) is 14.1. The van der Waals surface area contributed by atoms with Crippen molar-refractivity contribution >= 4 is 72.1 Å². The number of hydrogen-bond donors (Lipinski definition) is 2. The highest BCUT2D eigenvalue weighted by molar-refractivity contribution is 7.92. The molecular formula is C26H26Cl3N3O5S2. The molecule has 208 valence electrons. The van der Waals surface area contributed by atoms with E-state index in [0.717, 1.165) is 5.56 Å². The molecule has 1 amide bonds. The fourth-order valence-electron chi connectivity index (χ4n) is 4.16. The standard InChI is InChI=1S/C26H26Cl3N3O5S2/c1-17-2-4-21(15-24(17)28)31-39(36,37)22-7-5-20(6-8-22)30-26(33)19-10-12-32(13-11-19)38(34,35)16-18-3-9-23(27)25(29)14-18/h2-9,14-15,19,31H,10-13,16H2,1H3,(H,30,33). The molecule has 0 bridgehead atoms. The zero-order valence-corrected chi connectivity index (χ0v) is 24.7. The molecule has 0 aliphatic carbocycles. The van der Waals surface area contributed by atoms with Gasteiger partial charge in [-0.3, -0.25) is 9.52 Å². The Hall–Kier alpha value is -2.34. The number of rotatable bonds is 8. The molecule has 0 atom stereocenters. The van der Waals surface area contributed by atoms with Gasteiger partial charge in [-0.05, 0) is 79.4 Å². The smallest absolute Gasteiger partial charge is 0.261 e. The summed E-state index contributed by atoms with van der Waals surface area (Å²) in [6.07, 6.45) is 0.726. The zero-order chi connectivity index (χ0) is 28.4. The van der Waals surface area contributed by atoms with E-state index in [1.165, 1.54) is 40.7 Å². The van der Waals surface area contributed by atoms with Crippen molar-refractivity contribution < 1.29 is 21.6 Å². The van der Waals surface area contributed by atoms with Crippen molar-refractivity contribution in [2.45, 2.75) is 30.4 Å². The number of amides is 1. The Balaban J connectivity index is 1.32. The van der Waals surface area contributed by atoms with E-state index in [1.807, 2.05) is 6.92 Å². The highest BCUT2D eigenvalue weighted by Crippen LogP contribution is 2.27. The Bertz CT molecular complexity index is 1590. The maximum absolute atomic E-state index is 12.9. The number of aryl methyl sites for hydroxylation is 1. The Morgan fingerprint density at radius 1 is 0.846 bits per heavy atom. The quantitative estimate of drug-likeness (QED) is 0.320. The lowest BCUT2D eigenvalue weighted by Crippen LogP contribution is -2.41. The van der Waals surface area contributed by atoms with Gasteiger partial charge in [0.2, 0.25) is 15.9 Å². The fraction of sp³-hybridized carbons (Fsp3) is 0.269. The van der Waals surface area contributed by atoms with E-state index in [0.29, 0.717) is 39.8 Å². The van der Waals surface area contributed by atoms with Crippen molar-refractivity contribution in [3.8, 4) is 0 Å². The predicted molar refractivity (Wildman–Crippen MR) is 155 cm³/mol. The molecule has 1 aliphatic heterocycles. The summed E-state index contributed by atoms with van der Waals surface area (Å²) >= 11 is 18.0. The maximum Gasteiger partial charge on any atom is 0.261 e. The Labute approximate surface area is 243 Å². The second-order valence-electron chi connectivity index (χ2n) is 9.26. The van der Waals surface area contributed by atoms with Crippen molar-refractivity contribution in [3.05, 3.63) is 86.9 Å². The van der Waals surface area contributed by atoms with Gasteiger partial charge in [-0.2, -0.15) is 0 Å². The summed E-state index contributed by atoms with van der Waals surface area (Å²) < 4.78 is 55.1. The fourth-order valence-corrected chi connectivity index (χ4v) is 7.26. The van der Waals surface area contributed by atoms with Crippen molar-refractivity contribution in [3.63, 3.8) is 0 Å². The van der Waals surface area contributed by atoms with Crippen LogP contribution in [0.25, 0.3) is 0 Å². The molecule has 8 nitrogen and oxygen atoms in total. The van der Waals surface area contributed by atoms with Gasteiger partial charge in [0.25, 0.3) is 10.0 Å². The van der Waals surface area contributed by atoms with E-state index in [2.05, 4.69) is 10.0 Å². The minimum Gasteiger partial charge on any atom is -0.326 e. The highest BCUT2D eigenvalue weighted by atomic mass is 35.5. The Kier molecular flexibility index (Phi) is 9.15. The van der Waals surface area contributed by atoms with Crippen LogP contribution in [-0.4, -0.2) is 40.1 Å². The molecule has 39 heavy (non-hydrogen) atoms. The third kappa shape index (κ3) is 7.45. The number of halogens is 3. The molecule has 1 aliphatic rings. The minimum absolute atomic E-state index is 0.0256. The number of benzene rings is 3. The summed E-state index contributed by atoms with van der Waals surface area (Å²) in [6, 6.07) is 15.4. The second kappa shape index (κ2) is 12.0. The molecule has 0 radical (unpaired) electrons. The SMILES string of the molecule is Cc1ccc(NS(=O)(=O)c2ccc(NC(=O)C3CCN(S(=O)(=O)Cc4ccc(Cl)c(Cl)c4)CC3)cc2)cc1Cl. The number of carbonyl (C=O) groups is 1. The van der Waals surface area contributed by atoms with E-state index in [-0.39, 0.29) is 40.6 Å². The lowest BCUT2D eigenvalue weighted by molar-refractivity contribution is -0.120. The first-order chi connectivity index (χ1) is 18.3. The number of hydrogen-bond acceptors (Lipinski definition) is 5. The molecule has 3 aromatic rings. The van der Waals surface area contributed by atoms with Gasteiger partial charge in [0.05, 0.1) is 26.4 Å². The maximum atomic E-state index is 12.9. The van der Waals surface area contributed by atoms with Crippen molar-refractivity contribution in [1.29, 1.82) is 0 Å². The van der Waals surface area contributed by atoms with Gasteiger partial charge in [0.1, 0.15) is 0 Å². The molecule has 0 aromatic heterocycles. The number of sulfonamides is 2. The van der Waals surface area contributed by atoms with E-state index >= 15 is 0 Å². The van der Waals surface area contributed by atoms with E-state index in [1.54, 1.807) is 24.3 Å². The third-order valence-electron chi connectivity index (χ3n) is 6.41. The predicted octanol–water partition coefficient (Wildman–Crippen LogP) is 5.94. The van der Waals surface area contributed by atoms with Crippen LogP contribution < -0.4 is 10.0 Å². The molecule has 0 unspecified atom stereocenters. The number of carbonyl (C=O) groups excluding carboxylic acids is 1. The van der Waals surface area contributed by atoms with Crippen LogP contribution in [0.3, 0.4) is 0 Å². The molecule has 0 saturated carbocycles. The zero-order valence-electron chi connectivity index (χ0n) is 20.8. The topological polar surface area (TPSA) is 113 Å². The van der Waals surface area contributed by atoms with Gasteiger partial charge in [0, 0.05) is 29.7 Å². The van der Waals surface area contributed by atoms with Crippen LogP contribution in [0.1, 0.15) is 24.0 Å². The number of piperidine rings is 1. The largest absolute Gasteiger partial charge is 0.326 e. The lowest BCUT2D eigenvalue weighted by atomic mass is 9.97. The van der Waals surface area contributed by atoms with Crippen molar-refractivity contribution in [2.75, 3.05) is 23.1 Å². The molecule has 1 fully saturated rings. The number of nitrogens with one attached hydrogen (secondary N) is 2. The van der Waals surface area contributed by atoms with Gasteiger partial charge in [0.15, 0.2) is 0 Å². The monoisotopic (exact) mass is 629 g/mol. The number of nitrogens with zero attached hydrogens (tertiary/aromatic N) is 1. The summed E-state index contributed by atoms with van der Waals surface area (Å²) in [5, 5.41) is 3.88. The molecule has 1 saturated heterocycles. The average molecular weight is 631 g/mol. The first-order valence-electron chi connectivity index (χ1n) is 12.0.